The van der Waals surface area contributed by atoms with Crippen LogP contribution in [0.4, 0.5) is 5.13 Å². The largest absolute Gasteiger partial charge is 0.497 e. The Bertz CT molecular complexity index is 989. The van der Waals surface area contributed by atoms with Gasteiger partial charge >= 0.3 is 0 Å². The first-order valence-corrected chi connectivity index (χ1v) is 9.25. The van der Waals surface area contributed by atoms with Crippen molar-refractivity contribution in [3.63, 3.8) is 0 Å². The summed E-state index contributed by atoms with van der Waals surface area (Å²) in [5.74, 6) is 0.602. The molecule has 3 rings (SSSR count). The maximum Gasteiger partial charge on any atom is 0.260 e. The minimum Gasteiger partial charge on any atom is -0.497 e. The maximum absolute atomic E-state index is 13.1. The third kappa shape index (κ3) is 4.25. The lowest BCUT2D eigenvalue weighted by molar-refractivity contribution is 0.0985. The molecular formula is C20H20N4O2S. The van der Waals surface area contributed by atoms with Gasteiger partial charge in [0.1, 0.15) is 5.75 Å². The van der Waals surface area contributed by atoms with Crippen molar-refractivity contribution in [2.24, 2.45) is 0 Å². The maximum atomic E-state index is 13.1. The van der Waals surface area contributed by atoms with Crippen molar-refractivity contribution in [3.05, 3.63) is 53.6 Å². The number of likely N-dealkylation sites (N-methyl/N-ethyl adjacent to an activating group) is 1. The fourth-order valence-electron chi connectivity index (χ4n) is 2.56. The molecule has 6 nitrogen and oxygen atoms in total. The molecule has 1 heterocycles. The van der Waals surface area contributed by atoms with E-state index in [1.807, 2.05) is 37.2 Å². The van der Waals surface area contributed by atoms with Crippen molar-refractivity contribution in [2.75, 3.05) is 39.2 Å². The van der Waals surface area contributed by atoms with Crippen LogP contribution in [0.5, 0.6) is 5.75 Å². The normalized spacial score (nSPS) is 10.8. The van der Waals surface area contributed by atoms with Crippen LogP contribution in [0.15, 0.2) is 42.5 Å². The molecule has 0 fully saturated rings. The zero-order valence-corrected chi connectivity index (χ0v) is 16.3. The van der Waals surface area contributed by atoms with Crippen LogP contribution in [-0.2, 0) is 0 Å². The molecule has 0 aliphatic carbocycles. The summed E-state index contributed by atoms with van der Waals surface area (Å²) in [6.45, 7) is 1.23. The van der Waals surface area contributed by atoms with Gasteiger partial charge in [-0.25, -0.2) is 4.98 Å². The lowest BCUT2D eigenvalue weighted by atomic mass is 10.1. The first-order chi connectivity index (χ1) is 13.0. The zero-order valence-electron chi connectivity index (χ0n) is 15.5. The Balaban J connectivity index is 1.97. The van der Waals surface area contributed by atoms with E-state index in [1.54, 1.807) is 36.3 Å². The number of nitriles is 1. The highest BCUT2D eigenvalue weighted by Gasteiger charge is 2.21. The molecule has 0 aliphatic rings. The minimum atomic E-state index is -0.132. The molecule has 0 bridgehead atoms. The summed E-state index contributed by atoms with van der Waals surface area (Å²) in [7, 11) is 5.55. The number of ether oxygens (including phenoxy) is 1. The SMILES string of the molecule is COc1ccc2sc(N(CCN(C)C)C(=O)c3ccc(C#N)cc3)nc2c1. The molecule has 0 N–H and O–H groups in total. The Morgan fingerprint density at radius 1 is 1.19 bits per heavy atom. The molecular weight excluding hydrogens is 360 g/mol. The smallest absolute Gasteiger partial charge is 0.260 e. The summed E-state index contributed by atoms with van der Waals surface area (Å²) in [5, 5.41) is 9.60. The second-order valence-electron chi connectivity index (χ2n) is 6.28. The third-order valence-corrected chi connectivity index (χ3v) is 5.15. The van der Waals surface area contributed by atoms with Crippen LogP contribution < -0.4 is 9.64 Å². The summed E-state index contributed by atoms with van der Waals surface area (Å²) in [6, 6.07) is 14.4. The number of hydrogen-bond donors (Lipinski definition) is 0. The molecule has 2 aromatic carbocycles. The highest BCUT2D eigenvalue weighted by atomic mass is 32.1. The standard InChI is InChI=1S/C20H20N4O2S/c1-23(2)10-11-24(19(25)15-6-4-14(13-21)5-7-15)20-22-17-12-16(26-3)8-9-18(17)27-20/h4-9,12H,10-11H2,1-3H3. The van der Waals surface area contributed by atoms with Gasteiger partial charge in [0, 0.05) is 24.7 Å². The van der Waals surface area contributed by atoms with Gasteiger partial charge in [-0.15, -0.1) is 0 Å². The monoisotopic (exact) mass is 380 g/mol. The van der Waals surface area contributed by atoms with Gasteiger partial charge in [-0.1, -0.05) is 11.3 Å². The van der Waals surface area contributed by atoms with E-state index in [0.717, 1.165) is 16.0 Å². The average Bonchev–Trinajstić information content (AvgIpc) is 3.10. The number of methoxy groups -OCH3 is 1. The Labute approximate surface area is 162 Å². The molecule has 0 unspecified atom stereocenters. The Hall–Kier alpha value is -2.95. The minimum absolute atomic E-state index is 0.132. The average molecular weight is 380 g/mol. The highest BCUT2D eigenvalue weighted by Crippen LogP contribution is 2.31. The van der Waals surface area contributed by atoms with Gasteiger partial charge in [0.15, 0.2) is 5.13 Å². The van der Waals surface area contributed by atoms with Gasteiger partial charge in [-0.2, -0.15) is 5.26 Å². The van der Waals surface area contributed by atoms with Crippen molar-refractivity contribution >= 4 is 32.6 Å². The van der Waals surface area contributed by atoms with E-state index in [0.29, 0.717) is 29.3 Å². The number of fused-ring (bicyclic) bond motifs is 1. The van der Waals surface area contributed by atoms with Gasteiger partial charge in [-0.3, -0.25) is 9.69 Å². The molecule has 138 valence electrons. The first kappa shape index (κ1) is 18.8. The number of aromatic nitrogens is 1. The van der Waals surface area contributed by atoms with Gasteiger partial charge in [0.2, 0.25) is 0 Å². The molecule has 3 aromatic rings. The van der Waals surface area contributed by atoms with Crippen LogP contribution in [-0.4, -0.2) is 50.1 Å². The van der Waals surface area contributed by atoms with Crippen LogP contribution in [0.3, 0.4) is 0 Å². The number of carbonyl (C=O) groups is 1. The topological polar surface area (TPSA) is 69.5 Å². The summed E-state index contributed by atoms with van der Waals surface area (Å²) in [4.78, 5) is 21.5. The lowest BCUT2D eigenvalue weighted by Crippen LogP contribution is -2.36. The molecule has 0 atom stereocenters. The summed E-state index contributed by atoms with van der Waals surface area (Å²) >= 11 is 1.47. The molecule has 27 heavy (non-hydrogen) atoms. The molecule has 1 amide bonds. The van der Waals surface area contributed by atoms with Crippen molar-refractivity contribution in [1.29, 1.82) is 5.26 Å². The third-order valence-electron chi connectivity index (χ3n) is 4.09. The van der Waals surface area contributed by atoms with Gasteiger partial charge in [0.05, 0.1) is 29.0 Å². The van der Waals surface area contributed by atoms with Crippen LogP contribution >= 0.6 is 11.3 Å². The number of carbonyl (C=O) groups excluding carboxylic acids is 1. The van der Waals surface area contributed by atoms with E-state index in [9.17, 15) is 4.79 Å². The molecule has 0 spiro atoms. The van der Waals surface area contributed by atoms with Gasteiger partial charge < -0.3 is 9.64 Å². The molecule has 1 aromatic heterocycles. The second-order valence-corrected chi connectivity index (χ2v) is 7.29. The van der Waals surface area contributed by atoms with E-state index in [2.05, 4.69) is 11.1 Å². The van der Waals surface area contributed by atoms with Crippen molar-refractivity contribution in [2.45, 2.75) is 0 Å². The molecule has 7 heteroatoms. The van der Waals surface area contributed by atoms with E-state index >= 15 is 0 Å². The first-order valence-electron chi connectivity index (χ1n) is 8.43. The Kier molecular flexibility index (Phi) is 5.69. The van der Waals surface area contributed by atoms with E-state index < -0.39 is 0 Å². The van der Waals surface area contributed by atoms with Crippen molar-refractivity contribution < 1.29 is 9.53 Å². The molecule has 0 aliphatic heterocycles. The number of rotatable bonds is 6. The quantitative estimate of drug-likeness (QED) is 0.656. The summed E-state index contributed by atoms with van der Waals surface area (Å²) in [5.41, 5.74) is 1.86. The number of benzene rings is 2. The molecule has 0 radical (unpaired) electrons. The molecule has 0 saturated carbocycles. The van der Waals surface area contributed by atoms with E-state index in [-0.39, 0.29) is 5.91 Å². The number of thiazole rings is 1. The van der Waals surface area contributed by atoms with Crippen molar-refractivity contribution in [1.82, 2.24) is 9.88 Å². The fraction of sp³-hybridized carbons (Fsp3) is 0.250. The van der Waals surface area contributed by atoms with Gasteiger partial charge in [0.25, 0.3) is 5.91 Å². The highest BCUT2D eigenvalue weighted by molar-refractivity contribution is 7.22. The zero-order chi connectivity index (χ0) is 19.4. The number of amides is 1. The Morgan fingerprint density at radius 2 is 1.93 bits per heavy atom. The number of nitrogens with zero attached hydrogens (tertiary/aromatic N) is 4. The fourth-order valence-corrected chi connectivity index (χ4v) is 3.54. The van der Waals surface area contributed by atoms with Crippen LogP contribution in [0, 0.1) is 11.3 Å². The predicted octanol–water partition coefficient (Wildman–Crippen LogP) is 3.38. The van der Waals surface area contributed by atoms with E-state index in [4.69, 9.17) is 10.00 Å². The van der Waals surface area contributed by atoms with Crippen LogP contribution in [0.1, 0.15) is 15.9 Å². The van der Waals surface area contributed by atoms with Crippen molar-refractivity contribution in [3.8, 4) is 11.8 Å². The summed E-state index contributed by atoms with van der Waals surface area (Å²) < 4.78 is 6.25. The number of hydrogen-bond acceptors (Lipinski definition) is 6. The Morgan fingerprint density at radius 3 is 2.56 bits per heavy atom. The second kappa shape index (κ2) is 8.16. The number of anilines is 1. The van der Waals surface area contributed by atoms with Gasteiger partial charge in [-0.05, 0) is 50.5 Å². The summed E-state index contributed by atoms with van der Waals surface area (Å²) in [6.07, 6.45) is 0. The van der Waals surface area contributed by atoms with Crippen LogP contribution in [0.25, 0.3) is 10.2 Å². The predicted molar refractivity (Wildman–Crippen MR) is 108 cm³/mol. The molecule has 0 saturated heterocycles. The van der Waals surface area contributed by atoms with Crippen LogP contribution in [0.2, 0.25) is 0 Å². The lowest BCUT2D eigenvalue weighted by Gasteiger charge is -2.22. The van der Waals surface area contributed by atoms with E-state index in [1.165, 1.54) is 11.3 Å².